The quantitative estimate of drug-likeness (QED) is 0.800. The molecule has 0 bridgehead atoms. The lowest BCUT2D eigenvalue weighted by Crippen LogP contribution is -2.01. The molecule has 0 saturated carbocycles. The summed E-state index contributed by atoms with van der Waals surface area (Å²) in [5, 5.41) is 0. The lowest BCUT2D eigenvalue weighted by molar-refractivity contribution is 0.299. The molecule has 3 heteroatoms. The minimum absolute atomic E-state index is 0.632. The molecule has 0 amide bonds. The summed E-state index contributed by atoms with van der Waals surface area (Å²) in [4.78, 5) is 4.08. The number of nitrogens with two attached hydrogens (primary N) is 1. The second-order valence-electron chi connectivity index (χ2n) is 3.87. The first-order valence-electron chi connectivity index (χ1n) is 5.73. The van der Waals surface area contributed by atoms with Crippen molar-refractivity contribution in [1.29, 1.82) is 0 Å². The van der Waals surface area contributed by atoms with Gasteiger partial charge in [-0.25, -0.2) is 4.98 Å². The van der Waals surface area contributed by atoms with E-state index in [2.05, 4.69) is 29.2 Å². The van der Waals surface area contributed by atoms with Gasteiger partial charge in [-0.3, -0.25) is 0 Å². The van der Waals surface area contributed by atoms with Gasteiger partial charge in [-0.15, -0.1) is 0 Å². The van der Waals surface area contributed by atoms with E-state index >= 15 is 0 Å². The molecule has 0 spiro atoms. The highest BCUT2D eigenvalue weighted by Gasteiger charge is 1.96. The van der Waals surface area contributed by atoms with Crippen LogP contribution in [0.25, 0.3) is 0 Å². The number of nitrogens with zero attached hydrogens (tertiary/aromatic N) is 1. The van der Waals surface area contributed by atoms with Gasteiger partial charge in [0, 0.05) is 6.07 Å². The number of anilines is 1. The Morgan fingerprint density at radius 3 is 2.59 bits per heavy atom. The van der Waals surface area contributed by atoms with Gasteiger partial charge < -0.3 is 10.5 Å². The van der Waals surface area contributed by atoms with Crippen molar-refractivity contribution in [3.63, 3.8) is 0 Å². The fourth-order valence-electron chi connectivity index (χ4n) is 1.57. The van der Waals surface area contributed by atoms with Crippen molar-refractivity contribution in [2.75, 3.05) is 12.3 Å². The fraction of sp³-hybridized carbons (Fsp3) is 0.214. The van der Waals surface area contributed by atoms with Crippen LogP contribution in [0, 0.1) is 0 Å². The molecular weight excluding hydrogens is 212 g/mol. The minimum Gasteiger partial charge on any atom is -0.478 e. The van der Waals surface area contributed by atoms with E-state index < -0.39 is 0 Å². The number of rotatable bonds is 5. The van der Waals surface area contributed by atoms with Crippen LogP contribution in [0.4, 0.5) is 5.69 Å². The molecule has 1 aromatic heterocycles. The summed E-state index contributed by atoms with van der Waals surface area (Å²) in [6, 6.07) is 14.0. The van der Waals surface area contributed by atoms with Crippen molar-refractivity contribution in [2.24, 2.45) is 0 Å². The van der Waals surface area contributed by atoms with E-state index in [0.717, 1.165) is 12.8 Å². The Hall–Kier alpha value is -2.03. The minimum atomic E-state index is 0.632. The highest BCUT2D eigenvalue weighted by atomic mass is 16.5. The second-order valence-corrected chi connectivity index (χ2v) is 3.87. The maximum absolute atomic E-state index is 5.54. The zero-order valence-electron chi connectivity index (χ0n) is 9.67. The molecular formula is C14H16N2O. The van der Waals surface area contributed by atoms with Gasteiger partial charge in [0.2, 0.25) is 5.88 Å². The molecule has 17 heavy (non-hydrogen) atoms. The Morgan fingerprint density at radius 1 is 1.06 bits per heavy atom. The molecule has 0 aliphatic rings. The molecule has 3 nitrogen and oxygen atoms in total. The van der Waals surface area contributed by atoms with Crippen molar-refractivity contribution >= 4 is 5.69 Å². The number of aryl methyl sites for hydroxylation is 1. The van der Waals surface area contributed by atoms with Crippen molar-refractivity contribution in [3.05, 3.63) is 54.2 Å². The van der Waals surface area contributed by atoms with Gasteiger partial charge in [0.25, 0.3) is 0 Å². The zero-order chi connectivity index (χ0) is 11.9. The average Bonchev–Trinajstić information content (AvgIpc) is 2.38. The molecule has 0 aliphatic heterocycles. The average molecular weight is 228 g/mol. The van der Waals surface area contributed by atoms with Gasteiger partial charge in [0.05, 0.1) is 18.5 Å². The Morgan fingerprint density at radius 2 is 1.88 bits per heavy atom. The lowest BCUT2D eigenvalue weighted by Gasteiger charge is -2.05. The number of pyridine rings is 1. The van der Waals surface area contributed by atoms with E-state index in [9.17, 15) is 0 Å². The molecule has 0 aliphatic carbocycles. The summed E-state index contributed by atoms with van der Waals surface area (Å²) >= 11 is 0. The van der Waals surface area contributed by atoms with Gasteiger partial charge in [0.15, 0.2) is 0 Å². The SMILES string of the molecule is Nc1ccc(OCCCc2ccccc2)nc1. The number of hydrogen-bond donors (Lipinski definition) is 1. The highest BCUT2D eigenvalue weighted by Crippen LogP contribution is 2.09. The number of benzene rings is 1. The van der Waals surface area contributed by atoms with E-state index in [1.165, 1.54) is 5.56 Å². The maximum Gasteiger partial charge on any atom is 0.213 e. The Labute approximate surface area is 101 Å². The Balaban J connectivity index is 1.71. The largest absolute Gasteiger partial charge is 0.478 e. The van der Waals surface area contributed by atoms with Crippen LogP contribution in [-0.2, 0) is 6.42 Å². The molecule has 0 radical (unpaired) electrons. The van der Waals surface area contributed by atoms with Crippen molar-refractivity contribution in [3.8, 4) is 5.88 Å². The summed E-state index contributed by atoms with van der Waals surface area (Å²) in [5.74, 6) is 0.632. The van der Waals surface area contributed by atoms with Gasteiger partial charge in [0.1, 0.15) is 0 Å². The third-order valence-corrected chi connectivity index (χ3v) is 2.46. The monoisotopic (exact) mass is 228 g/mol. The fourth-order valence-corrected chi connectivity index (χ4v) is 1.57. The van der Waals surface area contributed by atoms with Crippen molar-refractivity contribution in [1.82, 2.24) is 4.98 Å². The molecule has 88 valence electrons. The first kappa shape index (κ1) is 11.5. The van der Waals surface area contributed by atoms with E-state index in [1.807, 2.05) is 6.07 Å². The van der Waals surface area contributed by atoms with Gasteiger partial charge in [-0.2, -0.15) is 0 Å². The van der Waals surface area contributed by atoms with Crippen molar-refractivity contribution < 1.29 is 4.74 Å². The van der Waals surface area contributed by atoms with Crippen LogP contribution < -0.4 is 10.5 Å². The number of nitrogen functional groups attached to an aromatic ring is 1. The molecule has 1 heterocycles. The van der Waals surface area contributed by atoms with Crippen molar-refractivity contribution in [2.45, 2.75) is 12.8 Å². The van der Waals surface area contributed by atoms with Gasteiger partial charge in [-0.1, -0.05) is 30.3 Å². The van der Waals surface area contributed by atoms with Crippen LogP contribution >= 0.6 is 0 Å². The third-order valence-electron chi connectivity index (χ3n) is 2.46. The maximum atomic E-state index is 5.54. The molecule has 2 aromatic rings. The third kappa shape index (κ3) is 3.79. The number of aromatic nitrogens is 1. The Bertz CT molecular complexity index is 440. The zero-order valence-corrected chi connectivity index (χ0v) is 9.67. The second kappa shape index (κ2) is 5.89. The molecule has 2 rings (SSSR count). The lowest BCUT2D eigenvalue weighted by atomic mass is 10.1. The summed E-state index contributed by atoms with van der Waals surface area (Å²) in [7, 11) is 0. The van der Waals surface area contributed by atoms with Crippen LogP contribution in [0.5, 0.6) is 5.88 Å². The first-order valence-corrected chi connectivity index (χ1v) is 5.73. The summed E-state index contributed by atoms with van der Waals surface area (Å²) in [6.45, 7) is 0.672. The van der Waals surface area contributed by atoms with Gasteiger partial charge >= 0.3 is 0 Å². The Kier molecular flexibility index (Phi) is 3.97. The highest BCUT2D eigenvalue weighted by molar-refractivity contribution is 5.35. The van der Waals surface area contributed by atoms with E-state index in [4.69, 9.17) is 10.5 Å². The standard InChI is InChI=1S/C14H16N2O/c15-13-8-9-14(16-11-13)17-10-4-7-12-5-2-1-3-6-12/h1-3,5-6,8-9,11H,4,7,10,15H2. The first-order chi connectivity index (χ1) is 8.34. The van der Waals surface area contributed by atoms with Gasteiger partial charge in [-0.05, 0) is 24.5 Å². The summed E-state index contributed by atoms with van der Waals surface area (Å²) in [6.07, 6.45) is 3.61. The molecule has 0 saturated heterocycles. The van der Waals surface area contributed by atoms with Crippen LogP contribution in [0.15, 0.2) is 48.7 Å². The smallest absolute Gasteiger partial charge is 0.213 e. The summed E-state index contributed by atoms with van der Waals surface area (Å²) in [5.41, 5.74) is 7.53. The van der Waals surface area contributed by atoms with E-state index in [-0.39, 0.29) is 0 Å². The number of hydrogen-bond acceptors (Lipinski definition) is 3. The van der Waals surface area contributed by atoms with Crippen LogP contribution in [0.3, 0.4) is 0 Å². The molecule has 0 atom stereocenters. The summed E-state index contributed by atoms with van der Waals surface area (Å²) < 4.78 is 5.52. The predicted octanol–water partition coefficient (Wildman–Crippen LogP) is 2.68. The topological polar surface area (TPSA) is 48.1 Å². The normalized spacial score (nSPS) is 10.1. The molecule has 2 N–H and O–H groups in total. The van der Waals surface area contributed by atoms with Crippen LogP contribution in [0.2, 0.25) is 0 Å². The molecule has 0 unspecified atom stereocenters. The van der Waals surface area contributed by atoms with E-state index in [0.29, 0.717) is 18.2 Å². The van der Waals surface area contributed by atoms with Crippen LogP contribution in [-0.4, -0.2) is 11.6 Å². The molecule has 1 aromatic carbocycles. The van der Waals surface area contributed by atoms with Crippen LogP contribution in [0.1, 0.15) is 12.0 Å². The van der Waals surface area contributed by atoms with E-state index in [1.54, 1.807) is 18.3 Å². The molecule has 0 fully saturated rings. The predicted molar refractivity (Wildman–Crippen MR) is 68.9 cm³/mol. The number of ether oxygens (including phenoxy) is 1.